The topological polar surface area (TPSA) is 81.4 Å². The summed E-state index contributed by atoms with van der Waals surface area (Å²) in [4.78, 5) is -0.528. The van der Waals surface area contributed by atoms with Crippen LogP contribution in [-0.4, -0.2) is 28.2 Å². The van der Waals surface area contributed by atoms with Gasteiger partial charge in [-0.1, -0.05) is 11.6 Å². The third-order valence-electron chi connectivity index (χ3n) is 3.14. The second kappa shape index (κ2) is 6.26. The van der Waals surface area contributed by atoms with Crippen LogP contribution in [0.5, 0.6) is 0 Å². The number of hydrogen-bond acceptors (Lipinski definition) is 4. The van der Waals surface area contributed by atoms with Gasteiger partial charge in [0.25, 0.3) is 0 Å². The maximum Gasteiger partial charge on any atom is 0.243 e. The molecule has 1 saturated heterocycles. The fraction of sp³-hybridized carbons (Fsp3) is 0.500. The van der Waals surface area contributed by atoms with Gasteiger partial charge in [-0.2, -0.15) is 0 Å². The van der Waals surface area contributed by atoms with Crippen LogP contribution in [-0.2, 0) is 14.8 Å². The van der Waals surface area contributed by atoms with Gasteiger partial charge in [-0.15, -0.1) is 0 Å². The van der Waals surface area contributed by atoms with Crippen LogP contribution in [0.2, 0.25) is 5.02 Å². The standard InChI is InChI=1S/C12H16ClFN2O3S/c13-9-4-10(15)12(14)11(5-9)20(17,18)16-6-8-2-1-3-19-7-8/h4-5,8,16H,1-3,6-7,15H2. The van der Waals surface area contributed by atoms with E-state index in [4.69, 9.17) is 22.1 Å². The lowest BCUT2D eigenvalue weighted by Gasteiger charge is -2.22. The number of halogens is 2. The Hall–Kier alpha value is -0.890. The third kappa shape index (κ3) is 3.60. The second-order valence-corrected chi connectivity index (χ2v) is 6.91. The zero-order valence-corrected chi connectivity index (χ0v) is 12.3. The van der Waals surface area contributed by atoms with Crippen LogP contribution in [0.25, 0.3) is 0 Å². The largest absolute Gasteiger partial charge is 0.396 e. The molecule has 0 saturated carbocycles. The number of anilines is 1. The molecule has 20 heavy (non-hydrogen) atoms. The Balaban J connectivity index is 2.14. The number of nitrogens with one attached hydrogen (secondary N) is 1. The summed E-state index contributed by atoms with van der Waals surface area (Å²) in [5, 5.41) is 0.0743. The molecule has 8 heteroatoms. The fourth-order valence-electron chi connectivity index (χ4n) is 2.05. The molecule has 112 valence electrons. The minimum absolute atomic E-state index is 0.0743. The van der Waals surface area contributed by atoms with Gasteiger partial charge < -0.3 is 10.5 Å². The van der Waals surface area contributed by atoms with E-state index in [0.29, 0.717) is 13.2 Å². The molecule has 3 N–H and O–H groups in total. The van der Waals surface area contributed by atoms with E-state index in [-0.39, 0.29) is 23.2 Å². The average molecular weight is 323 g/mol. The van der Waals surface area contributed by atoms with Gasteiger partial charge >= 0.3 is 0 Å². The minimum Gasteiger partial charge on any atom is -0.396 e. The van der Waals surface area contributed by atoms with E-state index in [1.807, 2.05) is 0 Å². The van der Waals surface area contributed by atoms with Crippen molar-refractivity contribution in [2.24, 2.45) is 5.92 Å². The number of ether oxygens (including phenoxy) is 1. The Bertz CT molecular complexity index is 589. The van der Waals surface area contributed by atoms with Crippen molar-refractivity contribution in [3.05, 3.63) is 23.0 Å². The van der Waals surface area contributed by atoms with E-state index < -0.39 is 20.7 Å². The molecule has 0 bridgehead atoms. The summed E-state index contributed by atoms with van der Waals surface area (Å²) >= 11 is 5.72. The summed E-state index contributed by atoms with van der Waals surface area (Å²) in [6.45, 7) is 1.40. The molecule has 2 rings (SSSR count). The second-order valence-electron chi connectivity index (χ2n) is 4.74. The first-order valence-corrected chi connectivity index (χ1v) is 8.08. The number of nitrogen functional groups attached to an aromatic ring is 1. The monoisotopic (exact) mass is 322 g/mol. The lowest BCUT2D eigenvalue weighted by Crippen LogP contribution is -2.33. The number of sulfonamides is 1. The van der Waals surface area contributed by atoms with Gasteiger partial charge in [-0.05, 0) is 30.9 Å². The van der Waals surface area contributed by atoms with Crippen LogP contribution in [0, 0.1) is 11.7 Å². The normalized spacial score (nSPS) is 20.0. The summed E-state index contributed by atoms with van der Waals surface area (Å²) in [6, 6.07) is 2.22. The third-order valence-corrected chi connectivity index (χ3v) is 4.78. The number of nitrogens with two attached hydrogens (primary N) is 1. The van der Waals surface area contributed by atoms with E-state index in [0.717, 1.165) is 18.9 Å². The number of benzene rings is 1. The molecule has 0 aliphatic carbocycles. The van der Waals surface area contributed by atoms with Crippen molar-refractivity contribution >= 4 is 27.3 Å². The van der Waals surface area contributed by atoms with Gasteiger partial charge in [0.15, 0.2) is 5.82 Å². The zero-order valence-electron chi connectivity index (χ0n) is 10.7. The molecule has 1 heterocycles. The van der Waals surface area contributed by atoms with E-state index in [9.17, 15) is 12.8 Å². The van der Waals surface area contributed by atoms with Gasteiger partial charge in [0, 0.05) is 18.2 Å². The Kier molecular flexibility index (Phi) is 4.85. The summed E-state index contributed by atoms with van der Waals surface area (Å²) in [5.41, 5.74) is 5.09. The van der Waals surface area contributed by atoms with E-state index in [1.54, 1.807) is 0 Å². The number of hydrogen-bond donors (Lipinski definition) is 2. The maximum atomic E-state index is 13.8. The van der Waals surface area contributed by atoms with Crippen LogP contribution in [0.1, 0.15) is 12.8 Å². The molecule has 0 radical (unpaired) electrons. The van der Waals surface area contributed by atoms with Crippen molar-refractivity contribution in [3.63, 3.8) is 0 Å². The SMILES string of the molecule is Nc1cc(Cl)cc(S(=O)(=O)NCC2CCCOC2)c1F. The van der Waals surface area contributed by atoms with Crippen LogP contribution < -0.4 is 10.5 Å². The average Bonchev–Trinajstić information content (AvgIpc) is 2.42. The molecule has 1 fully saturated rings. The predicted octanol–water partition coefficient (Wildman–Crippen LogP) is 1.77. The van der Waals surface area contributed by atoms with Crippen molar-refractivity contribution in [2.75, 3.05) is 25.5 Å². The van der Waals surface area contributed by atoms with E-state index in [2.05, 4.69) is 4.72 Å². The molecule has 0 amide bonds. The van der Waals surface area contributed by atoms with Crippen molar-refractivity contribution in [3.8, 4) is 0 Å². The molecular formula is C12H16ClFN2O3S. The Morgan fingerprint density at radius 1 is 1.50 bits per heavy atom. The van der Waals surface area contributed by atoms with Gasteiger partial charge in [-0.3, -0.25) is 0 Å². The Morgan fingerprint density at radius 2 is 2.25 bits per heavy atom. The highest BCUT2D eigenvalue weighted by Gasteiger charge is 2.23. The molecule has 1 aromatic carbocycles. The molecule has 1 aliphatic rings. The highest BCUT2D eigenvalue weighted by atomic mass is 35.5. The van der Waals surface area contributed by atoms with E-state index in [1.165, 1.54) is 6.07 Å². The van der Waals surface area contributed by atoms with Crippen LogP contribution in [0.3, 0.4) is 0 Å². The zero-order chi connectivity index (χ0) is 14.8. The Morgan fingerprint density at radius 3 is 2.90 bits per heavy atom. The minimum atomic E-state index is -3.98. The maximum absolute atomic E-state index is 13.8. The van der Waals surface area contributed by atoms with Gasteiger partial charge in [0.05, 0.1) is 12.3 Å². The molecule has 0 spiro atoms. The van der Waals surface area contributed by atoms with Crippen LogP contribution in [0.15, 0.2) is 17.0 Å². The summed E-state index contributed by atoms with van der Waals surface area (Å²) in [5.74, 6) is -0.889. The van der Waals surface area contributed by atoms with Crippen LogP contribution in [0.4, 0.5) is 10.1 Å². The molecule has 1 atom stereocenters. The van der Waals surface area contributed by atoms with Crippen molar-refractivity contribution in [1.29, 1.82) is 0 Å². The molecule has 0 aromatic heterocycles. The smallest absolute Gasteiger partial charge is 0.243 e. The first-order chi connectivity index (χ1) is 9.40. The summed E-state index contributed by atoms with van der Waals surface area (Å²) in [7, 11) is -3.98. The lowest BCUT2D eigenvalue weighted by molar-refractivity contribution is 0.0568. The predicted molar refractivity (Wildman–Crippen MR) is 74.6 cm³/mol. The first kappa shape index (κ1) is 15.5. The quantitative estimate of drug-likeness (QED) is 0.828. The molecule has 1 aromatic rings. The van der Waals surface area contributed by atoms with Crippen molar-refractivity contribution in [2.45, 2.75) is 17.7 Å². The van der Waals surface area contributed by atoms with Crippen molar-refractivity contribution in [1.82, 2.24) is 4.72 Å². The highest BCUT2D eigenvalue weighted by Crippen LogP contribution is 2.25. The molecule has 1 aliphatic heterocycles. The molecule has 5 nitrogen and oxygen atoms in total. The molecule has 1 unspecified atom stereocenters. The first-order valence-electron chi connectivity index (χ1n) is 6.22. The van der Waals surface area contributed by atoms with Gasteiger partial charge in [0.2, 0.25) is 10.0 Å². The summed E-state index contributed by atoms with van der Waals surface area (Å²) < 4.78 is 45.6. The molecular weight excluding hydrogens is 307 g/mol. The van der Waals surface area contributed by atoms with Crippen LogP contribution >= 0.6 is 11.6 Å². The lowest BCUT2D eigenvalue weighted by atomic mass is 10.0. The van der Waals surface area contributed by atoms with Gasteiger partial charge in [-0.25, -0.2) is 17.5 Å². The summed E-state index contributed by atoms with van der Waals surface area (Å²) in [6.07, 6.45) is 1.77. The van der Waals surface area contributed by atoms with E-state index >= 15 is 0 Å². The number of rotatable bonds is 4. The Labute approximate surface area is 122 Å². The van der Waals surface area contributed by atoms with Gasteiger partial charge in [0.1, 0.15) is 4.90 Å². The fourth-order valence-corrected chi connectivity index (χ4v) is 3.59. The highest BCUT2D eigenvalue weighted by molar-refractivity contribution is 7.89. The van der Waals surface area contributed by atoms with Crippen molar-refractivity contribution < 1.29 is 17.5 Å².